The van der Waals surface area contributed by atoms with Gasteiger partial charge in [0.25, 0.3) is 0 Å². The van der Waals surface area contributed by atoms with Crippen LogP contribution >= 0.6 is 23.6 Å². The summed E-state index contributed by atoms with van der Waals surface area (Å²) in [5, 5.41) is 9.14. The molecule has 2 aromatic rings. The molecule has 88 valence electrons. The molecule has 1 unspecified atom stereocenters. The predicted octanol–water partition coefficient (Wildman–Crippen LogP) is 3.80. The van der Waals surface area contributed by atoms with Crippen LogP contribution in [0, 0.1) is 0 Å². The molecule has 2 rings (SSSR count). The average molecular weight is 262 g/mol. The highest BCUT2D eigenvalue weighted by Gasteiger charge is 2.07. The Balaban J connectivity index is 1.90. The number of hydrogen-bond acceptors (Lipinski definition) is 2. The summed E-state index contributed by atoms with van der Waals surface area (Å²) in [6, 6.07) is 14.3. The molecule has 1 aromatic heterocycles. The van der Waals surface area contributed by atoms with Crippen LogP contribution in [0.15, 0.2) is 47.8 Å². The van der Waals surface area contributed by atoms with Crippen molar-refractivity contribution in [3.63, 3.8) is 0 Å². The summed E-state index contributed by atoms with van der Waals surface area (Å²) in [7, 11) is 0. The van der Waals surface area contributed by atoms with Crippen LogP contribution in [-0.2, 0) is 0 Å². The van der Waals surface area contributed by atoms with Crippen LogP contribution in [0.25, 0.3) is 0 Å². The molecule has 0 bridgehead atoms. The SMILES string of the molecule is CC(NC(=S)Nc1ccccc1)c1cccs1. The van der Waals surface area contributed by atoms with Crippen molar-refractivity contribution in [1.82, 2.24) is 5.32 Å². The summed E-state index contributed by atoms with van der Waals surface area (Å²) in [5.41, 5.74) is 1.00. The molecule has 1 aromatic carbocycles. The van der Waals surface area contributed by atoms with E-state index in [0.717, 1.165) is 5.69 Å². The zero-order chi connectivity index (χ0) is 12.1. The Kier molecular flexibility index (Phi) is 4.12. The molecule has 0 radical (unpaired) electrons. The standard InChI is InChI=1S/C13H14N2S2/c1-10(12-8-5-9-17-12)14-13(16)15-11-6-3-2-4-7-11/h2-10H,1H3,(H2,14,15,16). The lowest BCUT2D eigenvalue weighted by Crippen LogP contribution is -2.30. The second-order valence-corrected chi connectivity index (χ2v) is 5.09. The fourth-order valence-electron chi connectivity index (χ4n) is 1.49. The molecule has 1 atom stereocenters. The van der Waals surface area contributed by atoms with E-state index in [1.54, 1.807) is 11.3 Å². The van der Waals surface area contributed by atoms with Gasteiger partial charge in [0.2, 0.25) is 0 Å². The maximum Gasteiger partial charge on any atom is 0.171 e. The Morgan fingerprint density at radius 1 is 1.18 bits per heavy atom. The summed E-state index contributed by atoms with van der Waals surface area (Å²) in [6.07, 6.45) is 0. The first-order chi connectivity index (χ1) is 8.25. The van der Waals surface area contributed by atoms with Crippen LogP contribution in [0.5, 0.6) is 0 Å². The van der Waals surface area contributed by atoms with Gasteiger partial charge in [-0.05, 0) is 42.7 Å². The third-order valence-corrected chi connectivity index (χ3v) is 3.62. The van der Waals surface area contributed by atoms with E-state index in [-0.39, 0.29) is 6.04 Å². The van der Waals surface area contributed by atoms with Gasteiger partial charge in [0.05, 0.1) is 6.04 Å². The van der Waals surface area contributed by atoms with Crippen molar-refractivity contribution in [1.29, 1.82) is 0 Å². The highest BCUT2D eigenvalue weighted by Crippen LogP contribution is 2.18. The fraction of sp³-hybridized carbons (Fsp3) is 0.154. The van der Waals surface area contributed by atoms with Crippen LogP contribution in [0.3, 0.4) is 0 Å². The van der Waals surface area contributed by atoms with Crippen LogP contribution in [0.1, 0.15) is 17.8 Å². The Morgan fingerprint density at radius 3 is 2.59 bits per heavy atom. The zero-order valence-electron chi connectivity index (χ0n) is 9.51. The van der Waals surface area contributed by atoms with Crippen molar-refractivity contribution < 1.29 is 0 Å². The minimum Gasteiger partial charge on any atom is -0.355 e. The van der Waals surface area contributed by atoms with Gasteiger partial charge in [0.1, 0.15) is 0 Å². The minimum atomic E-state index is 0.235. The summed E-state index contributed by atoms with van der Waals surface area (Å²) < 4.78 is 0. The van der Waals surface area contributed by atoms with E-state index in [0.29, 0.717) is 5.11 Å². The van der Waals surface area contributed by atoms with Gasteiger partial charge in [-0.3, -0.25) is 0 Å². The van der Waals surface area contributed by atoms with Crippen molar-refractivity contribution in [3.8, 4) is 0 Å². The van der Waals surface area contributed by atoms with Crippen LogP contribution in [-0.4, -0.2) is 5.11 Å². The van der Waals surface area contributed by atoms with Crippen molar-refractivity contribution >= 4 is 34.4 Å². The molecule has 0 amide bonds. The van der Waals surface area contributed by atoms with E-state index >= 15 is 0 Å². The second-order valence-electron chi connectivity index (χ2n) is 3.70. The molecule has 0 aliphatic carbocycles. The van der Waals surface area contributed by atoms with Crippen molar-refractivity contribution in [2.75, 3.05) is 5.32 Å². The average Bonchev–Trinajstić information content (AvgIpc) is 2.83. The quantitative estimate of drug-likeness (QED) is 0.823. The van der Waals surface area contributed by atoms with E-state index < -0.39 is 0 Å². The number of rotatable bonds is 3. The number of thiocarbonyl (C=S) groups is 1. The number of para-hydroxylation sites is 1. The van der Waals surface area contributed by atoms with Crippen LogP contribution in [0.2, 0.25) is 0 Å². The lowest BCUT2D eigenvalue weighted by Gasteiger charge is -2.15. The molecule has 2 nitrogen and oxygen atoms in total. The first-order valence-corrected chi connectivity index (χ1v) is 6.70. The molecule has 0 spiro atoms. The third-order valence-electron chi connectivity index (χ3n) is 2.35. The molecular weight excluding hydrogens is 248 g/mol. The summed E-state index contributed by atoms with van der Waals surface area (Å²) in [4.78, 5) is 1.28. The van der Waals surface area contributed by atoms with Crippen molar-refractivity contribution in [2.45, 2.75) is 13.0 Å². The highest BCUT2D eigenvalue weighted by molar-refractivity contribution is 7.80. The van der Waals surface area contributed by atoms with Crippen molar-refractivity contribution in [3.05, 3.63) is 52.7 Å². The van der Waals surface area contributed by atoms with E-state index in [4.69, 9.17) is 12.2 Å². The number of nitrogens with one attached hydrogen (secondary N) is 2. The topological polar surface area (TPSA) is 24.1 Å². The molecule has 0 saturated heterocycles. The molecule has 17 heavy (non-hydrogen) atoms. The lowest BCUT2D eigenvalue weighted by molar-refractivity contribution is 0.737. The maximum absolute atomic E-state index is 5.27. The van der Waals surface area contributed by atoms with Gasteiger partial charge in [0, 0.05) is 10.6 Å². The largest absolute Gasteiger partial charge is 0.355 e. The second kappa shape index (κ2) is 5.80. The molecule has 4 heteroatoms. The third kappa shape index (κ3) is 3.54. The Morgan fingerprint density at radius 2 is 1.94 bits per heavy atom. The van der Waals surface area contributed by atoms with E-state index in [9.17, 15) is 0 Å². The van der Waals surface area contributed by atoms with E-state index in [1.165, 1.54) is 4.88 Å². The number of thiophene rings is 1. The minimum absolute atomic E-state index is 0.235. The first kappa shape index (κ1) is 12.1. The summed E-state index contributed by atoms with van der Waals surface area (Å²) in [6.45, 7) is 2.10. The molecule has 2 N–H and O–H groups in total. The van der Waals surface area contributed by atoms with E-state index in [1.807, 2.05) is 36.4 Å². The fourth-order valence-corrected chi connectivity index (χ4v) is 2.52. The first-order valence-electron chi connectivity index (χ1n) is 5.41. The molecule has 0 saturated carbocycles. The van der Waals surface area contributed by atoms with Gasteiger partial charge >= 0.3 is 0 Å². The summed E-state index contributed by atoms with van der Waals surface area (Å²) >= 11 is 7.00. The van der Waals surface area contributed by atoms with Gasteiger partial charge in [-0.1, -0.05) is 24.3 Å². The normalized spacial score (nSPS) is 11.8. The van der Waals surface area contributed by atoms with E-state index in [2.05, 4.69) is 29.0 Å². The van der Waals surface area contributed by atoms with Gasteiger partial charge < -0.3 is 10.6 Å². The van der Waals surface area contributed by atoms with Crippen molar-refractivity contribution in [2.24, 2.45) is 0 Å². The van der Waals surface area contributed by atoms with Gasteiger partial charge in [-0.2, -0.15) is 0 Å². The predicted molar refractivity (Wildman–Crippen MR) is 78.5 cm³/mol. The Labute approximate surface area is 111 Å². The highest BCUT2D eigenvalue weighted by atomic mass is 32.1. The number of benzene rings is 1. The smallest absolute Gasteiger partial charge is 0.171 e. The molecule has 0 fully saturated rings. The van der Waals surface area contributed by atoms with Gasteiger partial charge in [-0.25, -0.2) is 0 Å². The Hall–Kier alpha value is -1.39. The van der Waals surface area contributed by atoms with Crippen LogP contribution < -0.4 is 10.6 Å². The molecular formula is C13H14N2S2. The lowest BCUT2D eigenvalue weighted by atomic mass is 10.3. The van der Waals surface area contributed by atoms with Gasteiger partial charge in [0.15, 0.2) is 5.11 Å². The zero-order valence-corrected chi connectivity index (χ0v) is 11.1. The summed E-state index contributed by atoms with van der Waals surface area (Å²) in [5.74, 6) is 0. The Bertz CT molecular complexity index is 465. The maximum atomic E-state index is 5.27. The molecule has 0 aliphatic heterocycles. The monoisotopic (exact) mass is 262 g/mol. The molecule has 0 aliphatic rings. The number of anilines is 1. The number of hydrogen-bond donors (Lipinski definition) is 2. The van der Waals surface area contributed by atoms with Crippen LogP contribution in [0.4, 0.5) is 5.69 Å². The van der Waals surface area contributed by atoms with Gasteiger partial charge in [-0.15, -0.1) is 11.3 Å². The molecule has 1 heterocycles.